The molecule has 0 aromatic carbocycles. The predicted octanol–water partition coefficient (Wildman–Crippen LogP) is 2.05. The molecule has 0 aromatic heterocycles. The van der Waals surface area contributed by atoms with Crippen molar-refractivity contribution in [2.45, 2.75) is 227 Å². The third-order valence-corrected chi connectivity index (χ3v) is 14.8. The van der Waals surface area contributed by atoms with Crippen LogP contribution in [0.15, 0.2) is 0 Å². The fourth-order valence-electron chi connectivity index (χ4n) is 8.53. The zero-order valence-electron chi connectivity index (χ0n) is 70.7. The van der Waals surface area contributed by atoms with Crippen molar-refractivity contribution in [3.05, 3.63) is 0 Å². The molecule has 0 aromatic rings. The van der Waals surface area contributed by atoms with Gasteiger partial charge < -0.3 is 154 Å². The molecule has 2 fully saturated rings. The zero-order chi connectivity index (χ0) is 82.3. The third kappa shape index (κ3) is 203. The van der Waals surface area contributed by atoms with E-state index in [1.807, 2.05) is 0 Å². The van der Waals surface area contributed by atoms with E-state index in [9.17, 15) is 0 Å². The molecule has 672 valence electrons. The van der Waals surface area contributed by atoms with Crippen molar-refractivity contribution in [3.63, 3.8) is 0 Å². The van der Waals surface area contributed by atoms with Crippen molar-refractivity contribution in [1.29, 1.82) is 0 Å². The fourth-order valence-corrected chi connectivity index (χ4v) is 8.53. The normalized spacial score (nSPS) is 11.7. The summed E-state index contributed by atoms with van der Waals surface area (Å²) in [5.74, 6) is 0.970. The van der Waals surface area contributed by atoms with Crippen molar-refractivity contribution in [2.75, 3.05) is 269 Å². The maximum Gasteiger partial charge on any atom is 0.0553 e. The second-order valence-electron chi connectivity index (χ2n) is 25.3. The Morgan fingerprint density at radius 2 is 0.481 bits per heavy atom. The molecule has 2 aliphatic heterocycles. The number of nitrogens with two attached hydrogens (primary N) is 14. The minimum atomic E-state index is 0. The van der Waals surface area contributed by atoms with Crippen LogP contribution in [-0.4, -0.2) is 294 Å². The Morgan fingerprint density at radius 3 is 0.685 bits per heavy atom. The van der Waals surface area contributed by atoms with Crippen molar-refractivity contribution in [2.24, 2.45) is 80.3 Å². The van der Waals surface area contributed by atoms with Crippen molar-refractivity contribution in [3.8, 4) is 0 Å². The first-order chi connectivity index (χ1) is 52.5. The number of piperazine rings is 2. The molecule has 2 unspecified atom stereocenters. The van der Waals surface area contributed by atoms with Gasteiger partial charge in [-0.05, 0) is 226 Å². The molecule has 0 aliphatic carbocycles. The smallest absolute Gasteiger partial charge is 0.0553 e. The minimum absolute atomic E-state index is 0. The summed E-state index contributed by atoms with van der Waals surface area (Å²) in [6, 6.07) is 0. The van der Waals surface area contributed by atoms with Crippen LogP contribution in [0.4, 0.5) is 0 Å². The molecule has 29 nitrogen and oxygen atoms in total. The number of aliphatic hydroxyl groups is 4. The topological polar surface area (TPSA) is 569 Å². The van der Waals surface area contributed by atoms with E-state index >= 15 is 0 Å². The van der Waals surface area contributed by atoms with E-state index < -0.39 is 0 Å². The fraction of sp³-hybridized carbons (Fsp3) is 1.00. The largest absolute Gasteiger partial charge is 0.396 e. The number of hydrogen-bond acceptors (Lipinski definition) is 29. The molecule has 0 saturated carbocycles. The summed E-state index contributed by atoms with van der Waals surface area (Å²) in [4.78, 5) is 2.39. The van der Waals surface area contributed by atoms with E-state index in [1.165, 1.54) is 155 Å². The summed E-state index contributed by atoms with van der Waals surface area (Å²) in [7, 11) is 2.59. The van der Waals surface area contributed by atoms with E-state index in [0.29, 0.717) is 59.1 Å². The molecule has 2 heterocycles. The molecule has 0 spiro atoms. The zero-order valence-corrected chi connectivity index (χ0v) is 75.0. The molecule has 42 N–H and O–H groups in total. The van der Waals surface area contributed by atoms with Gasteiger partial charge in [-0.3, -0.25) is 4.90 Å². The summed E-state index contributed by atoms with van der Waals surface area (Å²) >= 11 is 2.28. The molecule has 2 aliphatic rings. The Morgan fingerprint density at radius 1 is 0.269 bits per heavy atom. The highest BCUT2D eigenvalue weighted by atomic mass is 127. The van der Waals surface area contributed by atoms with E-state index in [2.05, 4.69) is 110 Å². The van der Waals surface area contributed by atoms with Gasteiger partial charge in [0.15, 0.2) is 0 Å². The van der Waals surface area contributed by atoms with Crippen LogP contribution in [0.25, 0.3) is 0 Å². The molecule has 0 radical (unpaired) electrons. The average molecular weight is 1720 g/mol. The Kier molecular flexibility index (Phi) is 203. The highest BCUT2D eigenvalue weighted by Crippen LogP contribution is 2.28. The van der Waals surface area contributed by atoms with Crippen LogP contribution in [0.5, 0.6) is 0 Å². The Labute approximate surface area is 687 Å². The number of nitrogens with zero attached hydrogens (tertiary/aromatic N) is 1. The molecule has 2 rings (SSSR count). The molecule has 0 amide bonds. The molecular formula is C76H202IN25O4P2. The van der Waals surface area contributed by atoms with Gasteiger partial charge in [-0.2, -0.15) is 0 Å². The van der Waals surface area contributed by atoms with Gasteiger partial charge in [0.05, 0.1) is 6.61 Å². The summed E-state index contributed by atoms with van der Waals surface area (Å²) < 4.78 is 0. The van der Waals surface area contributed by atoms with Crippen LogP contribution in [0.2, 0.25) is 0 Å². The van der Waals surface area contributed by atoms with Crippen molar-refractivity contribution < 1.29 is 20.4 Å². The lowest BCUT2D eigenvalue weighted by Crippen LogP contribution is -2.45. The number of hydrogen-bond donors (Lipinski definition) is 28. The molecule has 108 heavy (non-hydrogen) atoms. The van der Waals surface area contributed by atoms with Gasteiger partial charge in [0, 0.05) is 170 Å². The number of nitrogens with one attached hydrogen (secondary N) is 10. The van der Waals surface area contributed by atoms with Crippen LogP contribution in [0, 0.1) is 0 Å². The van der Waals surface area contributed by atoms with E-state index in [0.717, 1.165) is 253 Å². The lowest BCUT2D eigenvalue weighted by atomic mass is 10.2. The van der Waals surface area contributed by atoms with E-state index in [4.69, 9.17) is 101 Å². The number of aliphatic hydroxyl groups excluding tert-OH is 4. The third-order valence-electron chi connectivity index (χ3n) is 14.8. The Hall–Kier alpha value is 0.430. The molecule has 0 bridgehead atoms. The van der Waals surface area contributed by atoms with Crippen LogP contribution in [0.3, 0.4) is 0 Å². The first-order valence-electron chi connectivity index (χ1n) is 42.6. The summed E-state index contributed by atoms with van der Waals surface area (Å²) in [6.07, 6.45) is 37.4. The molecular weight excluding hydrogens is 1520 g/mol. The summed E-state index contributed by atoms with van der Waals surface area (Å²) in [6.45, 7) is 42.6. The Bertz CT molecular complexity index is 1090. The van der Waals surface area contributed by atoms with Crippen LogP contribution < -0.4 is 133 Å². The predicted molar refractivity (Wildman–Crippen MR) is 499 cm³/mol. The quantitative estimate of drug-likeness (QED) is 0.0235. The van der Waals surface area contributed by atoms with Gasteiger partial charge in [0.25, 0.3) is 0 Å². The van der Waals surface area contributed by atoms with Gasteiger partial charge in [0.1, 0.15) is 0 Å². The Balaban J connectivity index is -0.0000000944. The van der Waals surface area contributed by atoms with Gasteiger partial charge in [-0.1, -0.05) is 121 Å². The van der Waals surface area contributed by atoms with Gasteiger partial charge >= 0.3 is 0 Å². The van der Waals surface area contributed by atoms with Gasteiger partial charge in [0.2, 0.25) is 0 Å². The minimum Gasteiger partial charge on any atom is -0.396 e. The number of halogens is 1. The SMILES string of the molecule is C.C1CNCCN1.CCCCCCNCCCCCN.CCCCCCNCCCCCNCCN.CCCCN.NCCCCCN.NCCCCCNCCCCCO.NCCCCCO.NCCN.NCCN1CCNCC1.NCCNCCCCCO.NCCNCCNCCN.NCCO.PPI. The second-order valence-corrected chi connectivity index (χ2v) is 31.8. The summed E-state index contributed by atoms with van der Waals surface area (Å²) in [5, 5.41) is 65.9. The molecule has 2 atom stereocenters. The highest BCUT2D eigenvalue weighted by molar-refractivity contribution is 14.2. The standard InChI is InChI=1S/C13H31N3.C11H26N2.C10H24N2O.C7H18N2O.C6H18N4.C6H15N3.C5H14N2.C5H13NO.C4H10N2.C4H11N.C2H8N2.C2H7NO.CH4.H3IP2/c1-2-3-4-6-10-15-11-7-5-8-12-16-13-9-14;1-2-3-4-7-10-13-11-8-5-6-9-12;11-7-3-1-4-8-12-9-5-2-6-10-13;8-4-6-9-5-2-1-3-7-10;7-1-3-9-5-6-10-4-2-8;7-1-4-9-5-2-8-3-6-9;2*6-4-2-1-3-5-7;1-2-6-4-3-5-1;1-2-3-4-5;2*3-1-2-4;;1-3-2/h15-16H,2-14H2,1H3;13H,2-12H2,1H3;12-13H,1-11H2;2*9-10H,1-8H2;8H,1-7H2;1-7H2;7H,1-6H2;5-6H,1-4H2;2-5H2,1H3;1-4H2;4H,1-3H2;1H4;3H,2H2. The summed E-state index contributed by atoms with van der Waals surface area (Å²) in [5.41, 5.74) is 72.7. The van der Waals surface area contributed by atoms with Gasteiger partial charge in [-0.25, -0.2) is 0 Å². The lowest BCUT2D eigenvalue weighted by molar-refractivity contribution is 0.247. The van der Waals surface area contributed by atoms with Crippen LogP contribution >= 0.6 is 36.9 Å². The number of rotatable bonds is 61. The lowest BCUT2D eigenvalue weighted by Gasteiger charge is -2.26. The average Bonchev–Trinajstić information content (AvgIpc) is 1.02. The van der Waals surface area contributed by atoms with Crippen LogP contribution in [0.1, 0.15) is 227 Å². The maximum atomic E-state index is 8.53. The van der Waals surface area contributed by atoms with Crippen LogP contribution in [-0.2, 0) is 0 Å². The molecule has 32 heteroatoms. The monoisotopic (exact) mass is 1720 g/mol. The number of unbranched alkanes of at least 4 members (excludes halogenated alkanes) is 21. The highest BCUT2D eigenvalue weighted by Gasteiger charge is 2.06. The second kappa shape index (κ2) is 163. The van der Waals surface area contributed by atoms with Crippen molar-refractivity contribution >= 4 is 36.9 Å². The first kappa shape index (κ1) is 135. The maximum absolute atomic E-state index is 8.53. The first-order valence-corrected chi connectivity index (χ1v) is 48.5. The molecule has 2 saturated heterocycles. The van der Waals surface area contributed by atoms with Gasteiger partial charge in [-0.15, -0.1) is 8.93 Å². The van der Waals surface area contributed by atoms with E-state index in [-0.39, 0.29) is 14.0 Å². The van der Waals surface area contributed by atoms with Crippen molar-refractivity contribution in [1.82, 2.24) is 58.1 Å². The van der Waals surface area contributed by atoms with E-state index in [1.54, 1.807) is 0 Å².